The van der Waals surface area contributed by atoms with Gasteiger partial charge in [-0.25, -0.2) is 19.2 Å². The lowest BCUT2D eigenvalue weighted by Crippen LogP contribution is -2.81. The highest BCUT2D eigenvalue weighted by molar-refractivity contribution is 8.00. The van der Waals surface area contributed by atoms with Gasteiger partial charge in [0.2, 0.25) is 11.8 Å². The van der Waals surface area contributed by atoms with Crippen molar-refractivity contribution in [3.05, 3.63) is 66.8 Å². The summed E-state index contributed by atoms with van der Waals surface area (Å²) < 4.78 is 20.7. The maximum atomic E-state index is 14.3. The van der Waals surface area contributed by atoms with Crippen molar-refractivity contribution in [1.29, 1.82) is 0 Å². The highest BCUT2D eigenvalue weighted by Gasteiger charge is 2.68. The number of rotatable bonds is 15. The molecule has 4 aliphatic heterocycles. The van der Waals surface area contributed by atoms with E-state index in [0.717, 1.165) is 44.7 Å². The summed E-state index contributed by atoms with van der Waals surface area (Å²) in [4.78, 5) is 105. The molecule has 8 N–H and O–H groups in total. The number of carboxylic acid groups (broad SMARTS) is 2. The third-order valence-electron chi connectivity index (χ3n) is 9.18. The number of aliphatic carboxylic acids is 2. The van der Waals surface area contributed by atoms with Crippen LogP contribution in [-0.4, -0.2) is 129 Å². The van der Waals surface area contributed by atoms with Crippen LogP contribution in [0.2, 0.25) is 0 Å². The second-order valence-corrected chi connectivity index (χ2v) is 16.4. The molecule has 4 aliphatic rings. The molecule has 2 fully saturated rings. The quantitative estimate of drug-likeness (QED) is 0.102. The van der Waals surface area contributed by atoms with E-state index in [2.05, 4.69) is 10.6 Å². The number of fused-ring (bicyclic) bond motifs is 2. The number of ether oxygens (including phenoxy) is 4. The Balaban J connectivity index is 1.22. The number of thiophene rings is 2. The van der Waals surface area contributed by atoms with E-state index < -0.39 is 100 Å². The van der Waals surface area contributed by atoms with Gasteiger partial charge in [-0.15, -0.1) is 46.2 Å². The van der Waals surface area contributed by atoms with E-state index in [1.54, 1.807) is 29.0 Å². The fraction of sp³-hybridized carbons (Fsp3) is 0.375. The number of carboxylic acids is 2. The maximum Gasteiger partial charge on any atom is 0.404 e. The summed E-state index contributed by atoms with van der Waals surface area (Å²) in [7, 11) is 2.38. The number of amides is 6. The number of β-lactam (4-membered cyclic amide) rings is 2. The van der Waals surface area contributed by atoms with Crippen molar-refractivity contribution in [3.63, 3.8) is 0 Å². The summed E-state index contributed by atoms with van der Waals surface area (Å²) in [5.41, 5.74) is 5.91. The SMILES string of the molecule is COC1(NC(=O)Cc2sccc2C(C(=O)NC2(OC)C(=O)N3C(C(=O)O)=C(COC(N)=O)CSC32)c2cccs2)C(=O)N2C(C(=O)O)=C(COC(N)=O)CSC21. The van der Waals surface area contributed by atoms with Crippen LogP contribution in [-0.2, 0) is 54.1 Å². The second-order valence-electron chi connectivity index (χ2n) is 12.2. The predicted octanol–water partition coefficient (Wildman–Crippen LogP) is 0.100. The number of hydrogen-bond acceptors (Lipinski definition) is 16. The van der Waals surface area contributed by atoms with Gasteiger partial charge in [-0.05, 0) is 28.5 Å². The molecule has 24 heteroatoms. The van der Waals surface area contributed by atoms with Crippen LogP contribution in [0.5, 0.6) is 0 Å². The first kappa shape index (κ1) is 40.5. The molecule has 6 amide bonds. The molecule has 0 saturated carbocycles. The molecule has 0 spiro atoms. The Morgan fingerprint density at radius 2 is 1.34 bits per heavy atom. The zero-order chi connectivity index (χ0) is 40.7. The Morgan fingerprint density at radius 3 is 1.79 bits per heavy atom. The summed E-state index contributed by atoms with van der Waals surface area (Å²) in [5.74, 6) is -7.15. The molecular weight excluding hydrogens is 821 g/mol. The third-order valence-corrected chi connectivity index (χ3v) is 13.8. The predicted molar refractivity (Wildman–Crippen MR) is 197 cm³/mol. The van der Waals surface area contributed by atoms with E-state index in [9.17, 15) is 48.6 Å². The lowest BCUT2D eigenvalue weighted by molar-refractivity contribution is -0.192. The molecule has 0 bridgehead atoms. The molecule has 2 aromatic rings. The van der Waals surface area contributed by atoms with Gasteiger partial charge in [-0.3, -0.25) is 29.0 Å². The molecule has 2 saturated heterocycles. The van der Waals surface area contributed by atoms with Crippen LogP contribution in [0.1, 0.15) is 21.2 Å². The number of primary amides is 2. The Hall–Kier alpha value is -5.14. The highest BCUT2D eigenvalue weighted by Crippen LogP contribution is 2.48. The molecule has 56 heavy (non-hydrogen) atoms. The molecule has 2 aromatic heterocycles. The Bertz CT molecular complexity index is 2090. The number of nitrogens with two attached hydrogens (primary N) is 2. The van der Waals surface area contributed by atoms with E-state index >= 15 is 0 Å². The molecule has 5 atom stereocenters. The van der Waals surface area contributed by atoms with Crippen molar-refractivity contribution in [2.75, 3.05) is 38.9 Å². The van der Waals surface area contributed by atoms with Gasteiger partial charge in [-0.1, -0.05) is 6.07 Å². The van der Waals surface area contributed by atoms with Crippen molar-refractivity contribution in [3.8, 4) is 0 Å². The van der Waals surface area contributed by atoms with E-state index in [0.29, 0.717) is 15.3 Å². The van der Waals surface area contributed by atoms with Crippen molar-refractivity contribution < 1.29 is 67.5 Å². The zero-order valence-electron chi connectivity index (χ0n) is 29.1. The standard InChI is InChI=1S/C32H32N6O14S4/c1-49-31(25(45)37-20(23(41)42)13(9-51-29(33)47)11-55-27(31)37)35-18(39)8-17-15(5-7-54-17)19(16-4-3-6-53-16)22(40)36-32(50-2)26(46)38-21(24(43)44)14(10-52-30(34)48)12-56-28(32)38/h3-7,19,27-28H,8-12H2,1-2H3,(H2,33,47)(H2,34,48)(H,35,39)(H,36,40)(H,41,42)(H,43,44). The van der Waals surface area contributed by atoms with Gasteiger partial charge in [0.25, 0.3) is 23.3 Å². The molecule has 0 aliphatic carbocycles. The molecule has 5 unspecified atom stereocenters. The molecule has 298 valence electrons. The number of hydrogen-bond donors (Lipinski definition) is 6. The number of thioether (sulfide) groups is 2. The minimum Gasteiger partial charge on any atom is -0.477 e. The molecule has 20 nitrogen and oxygen atoms in total. The maximum absolute atomic E-state index is 14.3. The average molecular weight is 853 g/mol. The topological polar surface area (TPSA) is 297 Å². The second kappa shape index (κ2) is 15.8. The monoisotopic (exact) mass is 852 g/mol. The van der Waals surface area contributed by atoms with Crippen LogP contribution in [0.3, 0.4) is 0 Å². The Morgan fingerprint density at radius 1 is 0.821 bits per heavy atom. The van der Waals surface area contributed by atoms with E-state index in [4.69, 9.17) is 30.4 Å². The summed E-state index contributed by atoms with van der Waals surface area (Å²) >= 11 is 4.53. The first-order valence-electron chi connectivity index (χ1n) is 16.1. The first-order valence-corrected chi connectivity index (χ1v) is 20.0. The highest BCUT2D eigenvalue weighted by atomic mass is 32.2. The first-order chi connectivity index (χ1) is 26.6. The summed E-state index contributed by atoms with van der Waals surface area (Å²) in [6, 6.07) is 5.03. The Kier molecular flexibility index (Phi) is 11.4. The summed E-state index contributed by atoms with van der Waals surface area (Å²) in [5, 5.41) is 26.6. The van der Waals surface area contributed by atoms with E-state index in [-0.39, 0.29) is 29.1 Å². The fourth-order valence-corrected chi connectivity index (χ4v) is 11.3. The number of carbonyl (C=O) groups excluding carboxylic acids is 6. The normalized spacial score (nSPS) is 24.6. The van der Waals surface area contributed by atoms with Gasteiger partial charge in [0.15, 0.2) is 0 Å². The van der Waals surface area contributed by atoms with Gasteiger partial charge in [0.1, 0.15) is 35.4 Å². The number of methoxy groups -OCH3 is 2. The Labute approximate surface area is 332 Å². The minimum absolute atomic E-state index is 0.00383. The minimum atomic E-state index is -1.99. The van der Waals surface area contributed by atoms with Crippen LogP contribution in [0.4, 0.5) is 9.59 Å². The molecule has 6 rings (SSSR count). The third kappa shape index (κ3) is 6.85. The van der Waals surface area contributed by atoms with Crippen LogP contribution >= 0.6 is 46.2 Å². The van der Waals surface area contributed by atoms with Crippen LogP contribution in [0, 0.1) is 0 Å². The average Bonchev–Trinajstić information content (AvgIpc) is 3.86. The van der Waals surface area contributed by atoms with E-state index in [1.807, 2.05) is 0 Å². The van der Waals surface area contributed by atoms with Gasteiger partial charge in [0, 0.05) is 46.6 Å². The van der Waals surface area contributed by atoms with Crippen molar-refractivity contribution >= 4 is 94.0 Å². The number of nitrogens with zero attached hydrogens (tertiary/aromatic N) is 2. The lowest BCUT2D eigenvalue weighted by atomic mass is 9.92. The van der Waals surface area contributed by atoms with Crippen LogP contribution in [0.25, 0.3) is 0 Å². The van der Waals surface area contributed by atoms with Gasteiger partial charge in [-0.2, -0.15) is 0 Å². The van der Waals surface area contributed by atoms with Gasteiger partial charge >= 0.3 is 24.1 Å². The molecule has 6 heterocycles. The van der Waals surface area contributed by atoms with E-state index in [1.165, 1.54) is 25.6 Å². The van der Waals surface area contributed by atoms with Gasteiger partial charge in [0.05, 0.1) is 12.3 Å². The molecular formula is C32H32N6O14S4. The van der Waals surface area contributed by atoms with Gasteiger partial charge < -0.3 is 51.3 Å². The summed E-state index contributed by atoms with van der Waals surface area (Å²) in [6.45, 7) is -0.923. The van der Waals surface area contributed by atoms with Crippen LogP contribution < -0.4 is 22.1 Å². The lowest BCUT2D eigenvalue weighted by Gasteiger charge is -2.56. The molecule has 0 aromatic carbocycles. The largest absolute Gasteiger partial charge is 0.477 e. The van der Waals surface area contributed by atoms with Crippen molar-refractivity contribution in [2.45, 2.75) is 34.5 Å². The van der Waals surface area contributed by atoms with Crippen molar-refractivity contribution in [2.24, 2.45) is 11.5 Å². The summed E-state index contributed by atoms with van der Waals surface area (Å²) in [6.07, 6.45) is -2.61. The van der Waals surface area contributed by atoms with Crippen LogP contribution in [0.15, 0.2) is 51.5 Å². The smallest absolute Gasteiger partial charge is 0.404 e. The van der Waals surface area contributed by atoms with Crippen molar-refractivity contribution in [1.82, 2.24) is 20.4 Å². The molecule has 0 radical (unpaired) electrons. The zero-order valence-corrected chi connectivity index (χ0v) is 32.4. The number of nitrogens with one attached hydrogen (secondary N) is 2. The fourth-order valence-electron chi connectivity index (χ4n) is 6.71. The number of carbonyl (C=O) groups is 8.